The quantitative estimate of drug-likeness (QED) is 0.694. The summed E-state index contributed by atoms with van der Waals surface area (Å²) in [6.07, 6.45) is 0.951. The Kier molecular flexibility index (Phi) is 3.65. The fraction of sp³-hybridized carbons (Fsp3) is 0.917. The summed E-state index contributed by atoms with van der Waals surface area (Å²) in [5.41, 5.74) is 5.70. The molecule has 0 bridgehead atoms. The van der Waals surface area contributed by atoms with Gasteiger partial charge in [0.05, 0.1) is 0 Å². The third-order valence-electron chi connectivity index (χ3n) is 3.25. The second-order valence-electron chi connectivity index (χ2n) is 6.15. The van der Waals surface area contributed by atoms with E-state index in [9.17, 15) is 4.79 Å². The molecule has 1 unspecified atom stereocenters. The Hall–Kier alpha value is -0.610. The lowest BCUT2D eigenvalue weighted by Crippen LogP contribution is -2.62. The van der Waals surface area contributed by atoms with Crippen molar-refractivity contribution in [2.45, 2.75) is 58.2 Å². The second-order valence-corrected chi connectivity index (χ2v) is 6.15. The molecule has 1 amide bonds. The summed E-state index contributed by atoms with van der Waals surface area (Å²) >= 11 is 0. The Morgan fingerprint density at radius 1 is 1.50 bits per heavy atom. The van der Waals surface area contributed by atoms with Crippen LogP contribution < -0.4 is 11.1 Å². The Morgan fingerprint density at radius 2 is 2.06 bits per heavy atom. The summed E-state index contributed by atoms with van der Waals surface area (Å²) in [4.78, 5) is 14.2. The molecule has 0 aromatic rings. The van der Waals surface area contributed by atoms with Gasteiger partial charge in [0.25, 0.3) is 0 Å². The first-order valence-corrected chi connectivity index (χ1v) is 5.97. The third kappa shape index (κ3) is 2.55. The molecule has 0 saturated carbocycles. The number of carbonyl (C=O) groups excluding carboxylic acids is 1. The van der Waals surface area contributed by atoms with E-state index in [0.29, 0.717) is 6.54 Å². The van der Waals surface area contributed by atoms with E-state index in [0.717, 1.165) is 13.0 Å². The molecule has 0 aliphatic carbocycles. The molecule has 94 valence electrons. The highest BCUT2D eigenvalue weighted by Crippen LogP contribution is 2.31. The minimum atomic E-state index is -0.225. The van der Waals surface area contributed by atoms with Gasteiger partial charge in [-0.25, -0.2) is 0 Å². The Morgan fingerprint density at radius 3 is 2.50 bits per heavy atom. The van der Waals surface area contributed by atoms with Crippen molar-refractivity contribution in [3.05, 3.63) is 0 Å². The lowest BCUT2D eigenvalue weighted by atomic mass is 9.90. The highest BCUT2D eigenvalue weighted by Gasteiger charge is 2.43. The zero-order valence-corrected chi connectivity index (χ0v) is 11.1. The van der Waals surface area contributed by atoms with Crippen LogP contribution in [-0.2, 0) is 4.79 Å². The first-order chi connectivity index (χ1) is 7.20. The lowest BCUT2D eigenvalue weighted by Gasteiger charge is -2.49. The van der Waals surface area contributed by atoms with E-state index in [-0.39, 0.29) is 23.0 Å². The average molecular weight is 227 g/mol. The van der Waals surface area contributed by atoms with Crippen LogP contribution in [0.5, 0.6) is 0 Å². The summed E-state index contributed by atoms with van der Waals surface area (Å²) < 4.78 is 0. The fourth-order valence-electron chi connectivity index (χ4n) is 2.86. The number of nitrogens with zero attached hydrogens (tertiary/aromatic N) is 1. The molecule has 4 nitrogen and oxygen atoms in total. The van der Waals surface area contributed by atoms with Crippen molar-refractivity contribution in [2.75, 3.05) is 13.1 Å². The molecule has 0 spiro atoms. The first-order valence-electron chi connectivity index (χ1n) is 5.97. The topological polar surface area (TPSA) is 58.4 Å². The highest BCUT2D eigenvalue weighted by atomic mass is 16.2. The summed E-state index contributed by atoms with van der Waals surface area (Å²) in [5, 5.41) is 2.94. The van der Waals surface area contributed by atoms with Gasteiger partial charge in [0, 0.05) is 24.2 Å². The zero-order chi connectivity index (χ0) is 12.6. The minimum Gasteiger partial charge on any atom is -0.355 e. The van der Waals surface area contributed by atoms with Gasteiger partial charge in [-0.15, -0.1) is 0 Å². The SMILES string of the molecule is CC(C)(C)N1C(CN)C(=O)NCCC1(C)C. The molecule has 1 heterocycles. The zero-order valence-electron chi connectivity index (χ0n) is 11.1. The minimum absolute atomic E-state index is 0.0125. The molecular weight excluding hydrogens is 202 g/mol. The van der Waals surface area contributed by atoms with Crippen molar-refractivity contribution in [2.24, 2.45) is 5.73 Å². The Balaban J connectivity index is 3.13. The summed E-state index contributed by atoms with van der Waals surface area (Å²) in [6.45, 7) is 11.9. The van der Waals surface area contributed by atoms with E-state index in [1.54, 1.807) is 0 Å². The number of rotatable bonds is 1. The smallest absolute Gasteiger partial charge is 0.238 e. The van der Waals surface area contributed by atoms with Gasteiger partial charge in [0.1, 0.15) is 6.04 Å². The van der Waals surface area contributed by atoms with Crippen LogP contribution in [0.25, 0.3) is 0 Å². The molecule has 1 fully saturated rings. The largest absolute Gasteiger partial charge is 0.355 e. The van der Waals surface area contributed by atoms with Crippen molar-refractivity contribution >= 4 is 5.91 Å². The average Bonchev–Trinajstić information content (AvgIpc) is 2.20. The number of nitrogens with two attached hydrogens (primary N) is 1. The Labute approximate surface area is 98.6 Å². The molecule has 4 heteroatoms. The van der Waals surface area contributed by atoms with E-state index in [2.05, 4.69) is 44.8 Å². The molecule has 1 atom stereocenters. The van der Waals surface area contributed by atoms with Gasteiger partial charge in [0.15, 0.2) is 0 Å². The van der Waals surface area contributed by atoms with Crippen LogP contribution in [0, 0.1) is 0 Å². The number of amides is 1. The van der Waals surface area contributed by atoms with Crippen LogP contribution in [0.3, 0.4) is 0 Å². The maximum absolute atomic E-state index is 12.0. The van der Waals surface area contributed by atoms with Gasteiger partial charge >= 0.3 is 0 Å². The maximum atomic E-state index is 12.0. The normalized spacial score (nSPS) is 27.4. The van der Waals surface area contributed by atoms with Gasteiger partial charge < -0.3 is 11.1 Å². The van der Waals surface area contributed by atoms with Gasteiger partial charge in [-0.05, 0) is 41.0 Å². The summed E-state index contributed by atoms with van der Waals surface area (Å²) in [5.74, 6) is 0.0583. The molecule has 1 aliphatic heterocycles. The van der Waals surface area contributed by atoms with Gasteiger partial charge in [-0.3, -0.25) is 9.69 Å². The van der Waals surface area contributed by atoms with E-state index in [1.807, 2.05) is 0 Å². The molecular formula is C12H25N3O. The van der Waals surface area contributed by atoms with Crippen LogP contribution in [0.15, 0.2) is 0 Å². The van der Waals surface area contributed by atoms with Crippen molar-refractivity contribution in [3.8, 4) is 0 Å². The van der Waals surface area contributed by atoms with Crippen molar-refractivity contribution in [1.82, 2.24) is 10.2 Å². The summed E-state index contributed by atoms with van der Waals surface area (Å²) in [6, 6.07) is -0.225. The summed E-state index contributed by atoms with van der Waals surface area (Å²) in [7, 11) is 0. The molecule has 0 aromatic carbocycles. The van der Waals surface area contributed by atoms with Crippen molar-refractivity contribution < 1.29 is 4.79 Å². The van der Waals surface area contributed by atoms with Crippen LogP contribution in [0.2, 0.25) is 0 Å². The highest BCUT2D eigenvalue weighted by molar-refractivity contribution is 5.82. The van der Waals surface area contributed by atoms with E-state index in [4.69, 9.17) is 5.73 Å². The number of nitrogens with one attached hydrogen (secondary N) is 1. The first kappa shape index (κ1) is 13.5. The van der Waals surface area contributed by atoms with Crippen LogP contribution in [0.4, 0.5) is 0 Å². The molecule has 16 heavy (non-hydrogen) atoms. The lowest BCUT2D eigenvalue weighted by molar-refractivity contribution is -0.130. The van der Waals surface area contributed by atoms with Gasteiger partial charge in [-0.2, -0.15) is 0 Å². The van der Waals surface area contributed by atoms with Crippen molar-refractivity contribution in [3.63, 3.8) is 0 Å². The fourth-order valence-corrected chi connectivity index (χ4v) is 2.86. The number of hydrogen-bond donors (Lipinski definition) is 2. The Bertz CT molecular complexity index is 268. The van der Waals surface area contributed by atoms with E-state index < -0.39 is 0 Å². The molecule has 1 rings (SSSR count). The van der Waals surface area contributed by atoms with Gasteiger partial charge in [-0.1, -0.05) is 0 Å². The molecule has 1 aliphatic rings. The predicted octanol–water partition coefficient (Wildman–Crippen LogP) is 0.713. The number of carbonyl (C=O) groups is 1. The third-order valence-corrected chi connectivity index (χ3v) is 3.25. The van der Waals surface area contributed by atoms with Crippen LogP contribution in [0.1, 0.15) is 41.0 Å². The molecule has 1 saturated heterocycles. The van der Waals surface area contributed by atoms with Crippen LogP contribution >= 0.6 is 0 Å². The van der Waals surface area contributed by atoms with Crippen molar-refractivity contribution in [1.29, 1.82) is 0 Å². The van der Waals surface area contributed by atoms with Crippen LogP contribution in [-0.4, -0.2) is 41.0 Å². The molecule has 0 radical (unpaired) electrons. The van der Waals surface area contributed by atoms with Gasteiger partial charge in [0.2, 0.25) is 5.91 Å². The van der Waals surface area contributed by atoms with E-state index >= 15 is 0 Å². The van der Waals surface area contributed by atoms with E-state index in [1.165, 1.54) is 0 Å². The molecule has 3 N–H and O–H groups in total. The standard InChI is InChI=1S/C12H25N3O/c1-11(2,3)15-9(8-13)10(16)14-7-6-12(15,4)5/h9H,6-8,13H2,1-5H3,(H,14,16). The number of hydrogen-bond acceptors (Lipinski definition) is 3. The molecule has 0 aromatic heterocycles. The maximum Gasteiger partial charge on any atom is 0.238 e. The second kappa shape index (κ2) is 4.34. The predicted molar refractivity (Wildman–Crippen MR) is 66.1 cm³/mol. The monoisotopic (exact) mass is 227 g/mol.